The van der Waals surface area contributed by atoms with Crippen molar-refractivity contribution >= 4 is 11.9 Å². The number of nitrogens with zero attached hydrogens (tertiary/aromatic N) is 4. The van der Waals surface area contributed by atoms with Gasteiger partial charge in [-0.1, -0.05) is 0 Å². The van der Waals surface area contributed by atoms with Gasteiger partial charge in [0.15, 0.2) is 29.3 Å². The minimum atomic E-state index is -4.64. The molecule has 0 saturated carbocycles. The topological polar surface area (TPSA) is 184 Å². The number of benzene rings is 1. The molecule has 1 amide bonds. The van der Waals surface area contributed by atoms with Gasteiger partial charge in [0.05, 0.1) is 13.2 Å². The molecule has 0 bridgehead atoms. The van der Waals surface area contributed by atoms with Crippen LogP contribution in [0, 0.1) is 17.5 Å². The molecular formula is C22H23F6N5O7. The van der Waals surface area contributed by atoms with Crippen LogP contribution < -0.4 is 5.73 Å². The second-order valence-corrected chi connectivity index (χ2v) is 8.74. The molecule has 2 aliphatic rings. The van der Waals surface area contributed by atoms with E-state index in [1.807, 2.05) is 0 Å². The van der Waals surface area contributed by atoms with Crippen LogP contribution in [0.25, 0.3) is 0 Å². The third-order valence-electron chi connectivity index (χ3n) is 5.84. The fourth-order valence-corrected chi connectivity index (χ4v) is 3.83. The van der Waals surface area contributed by atoms with Gasteiger partial charge >= 0.3 is 12.1 Å². The number of alkyl halides is 3. The summed E-state index contributed by atoms with van der Waals surface area (Å²) in [5, 5.41) is 41.6. The highest BCUT2D eigenvalue weighted by Gasteiger charge is 2.40. The molecule has 1 aromatic heterocycles. The molecule has 18 heteroatoms. The van der Waals surface area contributed by atoms with Gasteiger partial charge in [-0.25, -0.2) is 18.0 Å². The van der Waals surface area contributed by atoms with Crippen molar-refractivity contribution in [1.82, 2.24) is 19.7 Å². The SMILES string of the molecule is N[C@@H](CC(=O)N1CCn2c(nnc2C(F)(F)F)C1)Cc1cc(F)c(F)cc1F.O=C1O[C@H]([C@@H](O)CO)C(O)=C1O. The second kappa shape index (κ2) is 12.1. The number of nitrogens with two attached hydrogens (primary N) is 1. The third-order valence-corrected chi connectivity index (χ3v) is 5.84. The van der Waals surface area contributed by atoms with Crippen LogP contribution in [0.5, 0.6) is 0 Å². The maximum atomic E-state index is 13.7. The van der Waals surface area contributed by atoms with Gasteiger partial charge in [-0.3, -0.25) is 4.79 Å². The highest BCUT2D eigenvalue weighted by Crippen LogP contribution is 2.29. The van der Waals surface area contributed by atoms with Gasteiger partial charge in [0, 0.05) is 31.6 Å². The van der Waals surface area contributed by atoms with Crippen molar-refractivity contribution in [3.63, 3.8) is 0 Å². The number of fused-ring (bicyclic) bond motifs is 1. The zero-order valence-electron chi connectivity index (χ0n) is 20.3. The van der Waals surface area contributed by atoms with Gasteiger partial charge < -0.3 is 40.4 Å². The quantitative estimate of drug-likeness (QED) is 0.183. The van der Waals surface area contributed by atoms with Crippen molar-refractivity contribution in [2.24, 2.45) is 5.73 Å². The van der Waals surface area contributed by atoms with Gasteiger partial charge in [0.1, 0.15) is 11.9 Å². The lowest BCUT2D eigenvalue weighted by Crippen LogP contribution is -2.42. The summed E-state index contributed by atoms with van der Waals surface area (Å²) in [4.78, 5) is 24.2. The van der Waals surface area contributed by atoms with Gasteiger partial charge in [-0.2, -0.15) is 13.2 Å². The molecule has 0 aliphatic carbocycles. The number of amides is 1. The minimum Gasteiger partial charge on any atom is -0.505 e. The minimum absolute atomic E-state index is 0.000783. The normalized spacial score (nSPS) is 18.6. The lowest BCUT2D eigenvalue weighted by atomic mass is 10.0. The number of carbonyl (C=O) groups is 2. The maximum absolute atomic E-state index is 13.7. The molecule has 0 spiro atoms. The molecule has 6 N–H and O–H groups in total. The van der Waals surface area contributed by atoms with Gasteiger partial charge in [0.2, 0.25) is 17.5 Å². The molecule has 1 aromatic carbocycles. The summed E-state index contributed by atoms with van der Waals surface area (Å²) in [6.45, 7) is -0.974. The van der Waals surface area contributed by atoms with E-state index in [4.69, 9.17) is 26.2 Å². The first-order chi connectivity index (χ1) is 18.6. The number of aromatic nitrogens is 3. The second-order valence-electron chi connectivity index (χ2n) is 8.74. The van der Waals surface area contributed by atoms with E-state index in [-0.39, 0.29) is 43.9 Å². The van der Waals surface area contributed by atoms with Crippen molar-refractivity contribution < 1.29 is 61.1 Å². The lowest BCUT2D eigenvalue weighted by molar-refractivity contribution is -0.148. The zero-order chi connectivity index (χ0) is 29.9. The van der Waals surface area contributed by atoms with E-state index in [2.05, 4.69) is 14.9 Å². The van der Waals surface area contributed by atoms with Crippen LogP contribution in [-0.4, -0.2) is 83.4 Å². The fraction of sp³-hybridized carbons (Fsp3) is 0.455. The van der Waals surface area contributed by atoms with Crippen LogP contribution >= 0.6 is 0 Å². The number of carbonyl (C=O) groups excluding carboxylic acids is 2. The molecule has 2 aliphatic heterocycles. The first-order valence-electron chi connectivity index (χ1n) is 11.4. The van der Waals surface area contributed by atoms with Crippen molar-refractivity contribution in [3.8, 4) is 0 Å². The standard InChI is InChI=1S/C16H15F6N5O.C6H8O6/c17-10-6-12(19)11(18)4-8(10)3-9(23)5-14(28)26-1-2-27-13(7-26)24-25-15(27)16(20,21)22;7-1-2(8)5-3(9)4(10)6(11)12-5/h4,6,9H,1-3,5,7,23H2;2,5,7-10H,1H2/t9-;2-,5+/m10/s1. The predicted octanol–water partition coefficient (Wildman–Crippen LogP) is 0.609. The molecule has 220 valence electrons. The number of hydrogen-bond acceptors (Lipinski definition) is 10. The Morgan fingerprint density at radius 2 is 1.77 bits per heavy atom. The van der Waals surface area contributed by atoms with E-state index in [0.29, 0.717) is 12.1 Å². The summed E-state index contributed by atoms with van der Waals surface area (Å²) in [6.07, 6.45) is -7.88. The van der Waals surface area contributed by atoms with E-state index in [9.17, 15) is 35.9 Å². The summed E-state index contributed by atoms with van der Waals surface area (Å²) in [6, 6.07) is 0.184. The number of halogens is 6. The highest BCUT2D eigenvalue weighted by atomic mass is 19.4. The molecular weight excluding hydrogens is 560 g/mol. The smallest absolute Gasteiger partial charge is 0.451 e. The van der Waals surface area contributed by atoms with Crippen molar-refractivity contribution in [2.75, 3.05) is 13.2 Å². The summed E-state index contributed by atoms with van der Waals surface area (Å²) >= 11 is 0. The zero-order valence-corrected chi connectivity index (χ0v) is 20.3. The molecule has 3 heterocycles. The van der Waals surface area contributed by atoms with E-state index in [1.165, 1.54) is 4.90 Å². The Morgan fingerprint density at radius 1 is 1.12 bits per heavy atom. The predicted molar refractivity (Wildman–Crippen MR) is 118 cm³/mol. The number of aliphatic hydroxyl groups is 4. The molecule has 4 rings (SSSR count). The molecule has 0 unspecified atom stereocenters. The van der Waals surface area contributed by atoms with E-state index < -0.39 is 77.7 Å². The average Bonchev–Trinajstić information content (AvgIpc) is 3.43. The lowest BCUT2D eigenvalue weighted by Gasteiger charge is -2.29. The van der Waals surface area contributed by atoms with Crippen LogP contribution in [0.2, 0.25) is 0 Å². The maximum Gasteiger partial charge on any atom is 0.451 e. The van der Waals surface area contributed by atoms with Crippen LogP contribution in [-0.2, 0) is 40.0 Å². The summed E-state index contributed by atoms with van der Waals surface area (Å²) in [5.74, 6) is -7.93. The Bertz CT molecular complexity index is 1300. The summed E-state index contributed by atoms with van der Waals surface area (Å²) in [7, 11) is 0. The number of esters is 1. The number of cyclic esters (lactones) is 1. The first-order valence-corrected chi connectivity index (χ1v) is 11.4. The van der Waals surface area contributed by atoms with E-state index >= 15 is 0 Å². The Hall–Kier alpha value is -3.90. The Balaban J connectivity index is 0.000000307. The monoisotopic (exact) mass is 583 g/mol. The average molecular weight is 583 g/mol. The first kappa shape index (κ1) is 30.6. The van der Waals surface area contributed by atoms with E-state index in [1.54, 1.807) is 0 Å². The van der Waals surface area contributed by atoms with E-state index in [0.717, 1.165) is 4.57 Å². The largest absolute Gasteiger partial charge is 0.505 e. The van der Waals surface area contributed by atoms with Crippen molar-refractivity contribution in [1.29, 1.82) is 0 Å². The van der Waals surface area contributed by atoms with Gasteiger partial charge in [-0.05, 0) is 18.1 Å². The Morgan fingerprint density at radius 3 is 2.35 bits per heavy atom. The number of aliphatic hydroxyl groups excluding tert-OH is 4. The van der Waals surface area contributed by atoms with Crippen LogP contribution in [0.4, 0.5) is 26.3 Å². The number of hydrogen-bond donors (Lipinski definition) is 5. The van der Waals surface area contributed by atoms with Gasteiger partial charge in [-0.15, -0.1) is 10.2 Å². The highest BCUT2D eigenvalue weighted by molar-refractivity contribution is 5.89. The third kappa shape index (κ3) is 6.80. The molecule has 40 heavy (non-hydrogen) atoms. The van der Waals surface area contributed by atoms with Crippen molar-refractivity contribution in [3.05, 3.63) is 58.3 Å². The molecule has 2 aromatic rings. The fourth-order valence-electron chi connectivity index (χ4n) is 3.83. The molecule has 0 saturated heterocycles. The van der Waals surface area contributed by atoms with Crippen LogP contribution in [0.1, 0.15) is 23.6 Å². The molecule has 0 fully saturated rings. The number of rotatable bonds is 6. The molecule has 12 nitrogen and oxygen atoms in total. The summed E-state index contributed by atoms with van der Waals surface area (Å²) in [5.41, 5.74) is 5.64. The summed E-state index contributed by atoms with van der Waals surface area (Å²) < 4.78 is 83.6. The molecule has 0 radical (unpaired) electrons. The number of ether oxygens (including phenoxy) is 1. The Labute approximate surface area is 220 Å². The molecule has 3 atom stereocenters. The van der Waals surface area contributed by atoms with Crippen LogP contribution in [0.15, 0.2) is 23.7 Å². The van der Waals surface area contributed by atoms with Gasteiger partial charge in [0.25, 0.3) is 0 Å². The van der Waals surface area contributed by atoms with Crippen molar-refractivity contribution in [2.45, 2.75) is 50.4 Å². The Kier molecular flexibility index (Phi) is 9.26. The van der Waals surface area contributed by atoms with Crippen LogP contribution in [0.3, 0.4) is 0 Å².